The lowest BCUT2D eigenvalue weighted by Crippen LogP contribution is -2.70. The Kier molecular flexibility index (Phi) is 12.3. The van der Waals surface area contributed by atoms with Crippen LogP contribution in [0.4, 0.5) is 4.79 Å². The van der Waals surface area contributed by atoms with Crippen LogP contribution in [0.25, 0.3) is 0 Å². The second-order valence-corrected chi connectivity index (χ2v) is 18.9. The molecule has 0 aromatic rings. The molecular weight excluding hydrogens is 698 g/mol. The summed E-state index contributed by atoms with van der Waals surface area (Å²) < 4.78 is 18.9. The number of hydrogen-bond donors (Lipinski definition) is 4. The third-order valence-electron chi connectivity index (χ3n) is 15.5. The Bertz CT molecular complexity index is 1440. The minimum Gasteiger partial charge on any atom is -0.481 e. The second-order valence-electron chi connectivity index (χ2n) is 18.5. The minimum absolute atomic E-state index is 0.112. The number of esters is 2. The number of carbonyl (C=O) groups excluding carboxylic acids is 3. The van der Waals surface area contributed by atoms with E-state index >= 15 is 0 Å². The smallest absolute Gasteiger partial charge is 0.323 e. The molecule has 1 heterocycles. The van der Waals surface area contributed by atoms with E-state index in [9.17, 15) is 24.3 Å². The number of amides is 2. The van der Waals surface area contributed by atoms with Gasteiger partial charge in [0.25, 0.3) is 0 Å². The summed E-state index contributed by atoms with van der Waals surface area (Å²) in [6.07, 6.45) is 7.32. The third-order valence-corrected chi connectivity index (χ3v) is 15.7. The Morgan fingerprint density at radius 2 is 1.70 bits per heavy atom. The lowest BCUT2D eigenvalue weighted by Gasteiger charge is -2.71. The van der Waals surface area contributed by atoms with Gasteiger partial charge in [0.15, 0.2) is 0 Å². The van der Waals surface area contributed by atoms with Gasteiger partial charge in [-0.3, -0.25) is 14.4 Å². The van der Waals surface area contributed by atoms with Crippen LogP contribution >= 0.6 is 11.6 Å². The predicted molar refractivity (Wildman–Crippen MR) is 203 cm³/mol. The van der Waals surface area contributed by atoms with Crippen molar-refractivity contribution < 1.29 is 38.5 Å². The molecule has 4 aliphatic carbocycles. The quantitative estimate of drug-likeness (QED) is 0.0714. The summed E-state index contributed by atoms with van der Waals surface area (Å²) in [5.74, 6) is -0.910. The molecule has 4 fully saturated rings. The Balaban J connectivity index is 1.40. The fourth-order valence-corrected chi connectivity index (χ4v) is 12.4. The molecule has 5 N–H and O–H groups in total. The van der Waals surface area contributed by atoms with E-state index in [1.165, 1.54) is 12.5 Å². The summed E-state index contributed by atoms with van der Waals surface area (Å²) >= 11 is 5.61. The first-order valence-corrected chi connectivity index (χ1v) is 20.6. The van der Waals surface area contributed by atoms with Gasteiger partial charge in [-0.05, 0) is 97.7 Å². The molecule has 300 valence electrons. The van der Waals surface area contributed by atoms with Crippen molar-refractivity contribution in [2.24, 2.45) is 62.4 Å². The van der Waals surface area contributed by atoms with Gasteiger partial charge in [-0.25, -0.2) is 4.79 Å². The monoisotopic (exact) mass is 763 g/mol. The number of nitrogens with one attached hydrogen (secondary N) is 2. The molecular formula is C41H66ClN3O8. The van der Waals surface area contributed by atoms with E-state index < -0.39 is 58.3 Å². The van der Waals surface area contributed by atoms with Crippen LogP contribution in [0.2, 0.25) is 0 Å². The number of alkyl halides is 1. The van der Waals surface area contributed by atoms with E-state index in [0.29, 0.717) is 70.2 Å². The molecule has 53 heavy (non-hydrogen) atoms. The maximum absolute atomic E-state index is 13.6. The Morgan fingerprint density at radius 1 is 1.00 bits per heavy atom. The zero-order valence-corrected chi connectivity index (χ0v) is 34.1. The number of aliphatic carboxylic acids is 1. The van der Waals surface area contributed by atoms with E-state index in [2.05, 4.69) is 65.2 Å². The largest absolute Gasteiger partial charge is 0.481 e. The fraction of sp³-hybridized carbons (Fsp3) is 0.854. The van der Waals surface area contributed by atoms with Crippen molar-refractivity contribution in [1.29, 1.82) is 0 Å². The molecule has 0 radical (unpaired) electrons. The van der Waals surface area contributed by atoms with Crippen LogP contribution in [0.15, 0.2) is 11.6 Å². The molecule has 12 atom stereocenters. The van der Waals surface area contributed by atoms with Crippen LogP contribution in [-0.2, 0) is 28.6 Å². The number of ether oxygens (including phenoxy) is 3. The Labute approximate surface area is 321 Å². The first-order chi connectivity index (χ1) is 24.8. The number of hydrogen-bond acceptors (Lipinski definition) is 8. The van der Waals surface area contributed by atoms with Gasteiger partial charge in [0.2, 0.25) is 0 Å². The molecule has 11 nitrogen and oxygen atoms in total. The van der Waals surface area contributed by atoms with Crippen LogP contribution in [0.5, 0.6) is 0 Å². The first kappa shape index (κ1) is 41.8. The third kappa shape index (κ3) is 7.13. The number of fused-ring (bicyclic) bond motifs is 3. The average molecular weight is 764 g/mol. The summed E-state index contributed by atoms with van der Waals surface area (Å²) in [6, 6.07) is -1.16. The Hall–Kier alpha value is -2.37. The maximum Gasteiger partial charge on any atom is 0.323 e. The molecule has 5 aliphatic rings. The number of nitrogens with two attached hydrogens (primary N) is 1. The molecule has 12 heteroatoms. The van der Waals surface area contributed by atoms with Crippen molar-refractivity contribution in [3.8, 4) is 0 Å². The number of halogens is 1. The van der Waals surface area contributed by atoms with Crippen molar-refractivity contribution in [3.05, 3.63) is 11.6 Å². The van der Waals surface area contributed by atoms with Crippen molar-refractivity contribution >= 4 is 35.5 Å². The molecule has 0 aromatic heterocycles. The van der Waals surface area contributed by atoms with E-state index in [1.54, 1.807) is 0 Å². The SMILES string of the molecule is CC(=O)O[C@@H]1C[C@@]23COC[C@](C)([C@@H]2CC[C@H]2C3=CC[C@@]3(C)[C@H](C(=O)O)[C@@](C)([C@H](C)C(C)C)CC[C@]23C)[C@H]1OC(=O)C(N)CCCCNC(=O)NCCCl. The van der Waals surface area contributed by atoms with Crippen LogP contribution in [0.3, 0.4) is 0 Å². The zero-order chi connectivity index (χ0) is 39.1. The van der Waals surface area contributed by atoms with Crippen LogP contribution in [0.1, 0.15) is 113 Å². The standard InChI is InChI=1S/C41H66ClN3O8/c1-24(2)25(3)37(5)16-17-39(7)27-12-13-31-38(6)22-51-23-41(31,28(27)14-15-40(39,8)32(37)34(47)48)21-30(52-26(4)46)33(38)53-35(49)29(43)11-9-10-19-44-36(50)45-20-18-42/h14,24-25,27,29-33H,9-13,15-23,43H2,1-8H3,(H,47,48)(H2,44,45,50)/t25-,27+,29?,30-,31+,32-,33+,37-,38-,39-,40+,41+/m1/s1. The number of urea groups is 1. The van der Waals surface area contributed by atoms with Gasteiger partial charge in [0, 0.05) is 36.7 Å². The molecule has 1 saturated heterocycles. The number of allylic oxidation sites excluding steroid dienone is 1. The summed E-state index contributed by atoms with van der Waals surface area (Å²) in [6.45, 7) is 18.6. The summed E-state index contributed by atoms with van der Waals surface area (Å²) in [4.78, 5) is 51.4. The number of carbonyl (C=O) groups is 4. The van der Waals surface area contributed by atoms with E-state index in [-0.39, 0.29) is 34.6 Å². The van der Waals surface area contributed by atoms with Gasteiger partial charge >= 0.3 is 23.9 Å². The van der Waals surface area contributed by atoms with Gasteiger partial charge in [0.1, 0.15) is 18.2 Å². The molecule has 5 rings (SSSR count). The van der Waals surface area contributed by atoms with E-state index in [0.717, 1.165) is 25.7 Å². The van der Waals surface area contributed by atoms with Gasteiger partial charge in [0.05, 0.1) is 19.1 Å². The molecule has 0 aromatic carbocycles. The van der Waals surface area contributed by atoms with Crippen LogP contribution in [0, 0.1) is 56.7 Å². The van der Waals surface area contributed by atoms with Crippen molar-refractivity contribution in [2.75, 3.05) is 32.2 Å². The molecule has 2 bridgehead atoms. The molecule has 3 saturated carbocycles. The van der Waals surface area contributed by atoms with Gasteiger partial charge in [-0.2, -0.15) is 0 Å². The molecule has 2 amide bonds. The zero-order valence-electron chi connectivity index (χ0n) is 33.4. The lowest BCUT2D eigenvalue weighted by molar-refractivity contribution is -0.263. The highest BCUT2D eigenvalue weighted by Crippen LogP contribution is 2.75. The maximum atomic E-state index is 13.6. The average Bonchev–Trinajstić information content (AvgIpc) is 3.08. The van der Waals surface area contributed by atoms with E-state index in [4.69, 9.17) is 31.5 Å². The highest BCUT2D eigenvalue weighted by atomic mass is 35.5. The van der Waals surface area contributed by atoms with Crippen molar-refractivity contribution in [1.82, 2.24) is 10.6 Å². The van der Waals surface area contributed by atoms with Crippen LogP contribution in [-0.4, -0.2) is 79.5 Å². The molecule has 0 spiro atoms. The summed E-state index contributed by atoms with van der Waals surface area (Å²) in [7, 11) is 0. The first-order valence-electron chi connectivity index (χ1n) is 20.0. The normalized spacial score (nSPS) is 40.0. The summed E-state index contributed by atoms with van der Waals surface area (Å²) in [5, 5.41) is 16.4. The van der Waals surface area contributed by atoms with Crippen LogP contribution < -0.4 is 16.4 Å². The van der Waals surface area contributed by atoms with Gasteiger partial charge < -0.3 is 35.7 Å². The summed E-state index contributed by atoms with van der Waals surface area (Å²) in [5.41, 5.74) is 5.60. The van der Waals surface area contributed by atoms with Crippen molar-refractivity contribution in [3.63, 3.8) is 0 Å². The highest BCUT2D eigenvalue weighted by molar-refractivity contribution is 6.18. The van der Waals surface area contributed by atoms with E-state index in [1.807, 2.05) is 0 Å². The minimum atomic E-state index is -0.871. The van der Waals surface area contributed by atoms with Gasteiger partial charge in [-0.1, -0.05) is 60.1 Å². The predicted octanol–water partition coefficient (Wildman–Crippen LogP) is 6.45. The molecule has 1 aliphatic heterocycles. The lowest BCUT2D eigenvalue weighted by atomic mass is 9.34. The second kappa shape index (κ2) is 15.6. The van der Waals surface area contributed by atoms with Crippen molar-refractivity contribution in [2.45, 2.75) is 131 Å². The number of carboxylic acids is 1. The van der Waals surface area contributed by atoms with Gasteiger partial charge in [-0.15, -0.1) is 11.6 Å². The number of unbranched alkanes of at least 4 members (excludes halogenated alkanes) is 1. The highest BCUT2D eigenvalue weighted by Gasteiger charge is 2.72. The number of rotatable bonds is 13. The fourth-order valence-electron chi connectivity index (χ4n) is 12.3. The molecule has 1 unspecified atom stereocenters. The number of carboxylic acid groups (broad SMARTS) is 1. The topological polar surface area (TPSA) is 166 Å². The Morgan fingerprint density at radius 3 is 2.34 bits per heavy atom.